The summed E-state index contributed by atoms with van der Waals surface area (Å²) in [5, 5.41) is 2.72. The van der Waals surface area contributed by atoms with Crippen LogP contribution in [0.15, 0.2) is 24.3 Å². The lowest BCUT2D eigenvalue weighted by Crippen LogP contribution is -2.67. The summed E-state index contributed by atoms with van der Waals surface area (Å²) < 4.78 is 5.49. The van der Waals surface area contributed by atoms with E-state index >= 15 is 0 Å². The van der Waals surface area contributed by atoms with E-state index in [1.54, 1.807) is 12.0 Å². The zero-order valence-corrected chi connectivity index (χ0v) is 15.2. The maximum atomic E-state index is 12.2. The Balaban J connectivity index is 1.38. The molecule has 3 heterocycles. The summed E-state index contributed by atoms with van der Waals surface area (Å²) in [7, 11) is 1.71. The summed E-state index contributed by atoms with van der Waals surface area (Å²) in [4.78, 5) is 30.7. The lowest BCUT2D eigenvalue weighted by molar-refractivity contribution is -0.149. The van der Waals surface area contributed by atoms with Gasteiger partial charge >= 0.3 is 0 Å². The third kappa shape index (κ3) is 3.11. The molecule has 1 aromatic rings. The van der Waals surface area contributed by atoms with E-state index in [0.29, 0.717) is 19.1 Å². The average molecular weight is 358 g/mol. The summed E-state index contributed by atoms with van der Waals surface area (Å²) in [6.07, 6.45) is 2.11. The van der Waals surface area contributed by atoms with E-state index in [4.69, 9.17) is 4.74 Å². The van der Waals surface area contributed by atoms with Crippen molar-refractivity contribution in [2.75, 3.05) is 51.3 Å². The molecule has 26 heavy (non-hydrogen) atoms. The first-order valence-electron chi connectivity index (χ1n) is 9.36. The molecule has 2 amide bonds. The van der Waals surface area contributed by atoms with Gasteiger partial charge in [0, 0.05) is 38.8 Å². The zero-order valence-electron chi connectivity index (χ0n) is 15.2. The molecular formula is C19H26N4O3. The van der Waals surface area contributed by atoms with Crippen LogP contribution in [0.2, 0.25) is 0 Å². The van der Waals surface area contributed by atoms with Gasteiger partial charge in [-0.15, -0.1) is 0 Å². The van der Waals surface area contributed by atoms with Crippen molar-refractivity contribution in [1.82, 2.24) is 15.1 Å². The molecule has 1 atom stereocenters. The predicted octanol–water partition coefficient (Wildman–Crippen LogP) is 0.307. The van der Waals surface area contributed by atoms with Gasteiger partial charge in [0.25, 0.3) is 0 Å². The lowest BCUT2D eigenvalue weighted by Gasteiger charge is -2.47. The average Bonchev–Trinajstić information content (AvgIpc) is 2.71. The van der Waals surface area contributed by atoms with Crippen LogP contribution in [0.4, 0.5) is 5.69 Å². The number of piperazine rings is 2. The monoisotopic (exact) mass is 358 g/mol. The summed E-state index contributed by atoms with van der Waals surface area (Å²) in [5.41, 5.74) is 1.15. The molecular weight excluding hydrogens is 332 g/mol. The second kappa shape index (κ2) is 7.15. The molecule has 0 spiro atoms. The number of fused-ring (bicyclic) bond motifs is 1. The van der Waals surface area contributed by atoms with Crippen molar-refractivity contribution < 1.29 is 14.3 Å². The number of methoxy groups -OCH3 is 1. The molecule has 1 aromatic carbocycles. The SMILES string of the molecule is COc1ccccc1N1CCC(N2CCN3C(=O)CNC(=O)C3C2)CC1. The minimum Gasteiger partial charge on any atom is -0.495 e. The number of nitrogens with zero attached hydrogens (tertiary/aromatic N) is 3. The van der Waals surface area contributed by atoms with Crippen LogP contribution in [-0.4, -0.2) is 80.1 Å². The number of carbonyl (C=O) groups is 2. The van der Waals surface area contributed by atoms with Gasteiger partial charge in [-0.3, -0.25) is 14.5 Å². The highest BCUT2D eigenvalue weighted by Crippen LogP contribution is 2.31. The van der Waals surface area contributed by atoms with E-state index in [2.05, 4.69) is 21.2 Å². The van der Waals surface area contributed by atoms with E-state index in [-0.39, 0.29) is 24.4 Å². The molecule has 3 fully saturated rings. The largest absolute Gasteiger partial charge is 0.495 e. The minimum atomic E-state index is -0.322. The lowest BCUT2D eigenvalue weighted by atomic mass is 9.99. The Kier molecular flexibility index (Phi) is 4.72. The van der Waals surface area contributed by atoms with Crippen LogP contribution in [0, 0.1) is 0 Å². The number of para-hydroxylation sites is 2. The predicted molar refractivity (Wildman–Crippen MR) is 98.3 cm³/mol. The first kappa shape index (κ1) is 17.1. The molecule has 1 unspecified atom stereocenters. The number of hydrogen-bond donors (Lipinski definition) is 1. The number of hydrogen-bond acceptors (Lipinski definition) is 5. The minimum absolute atomic E-state index is 0.0132. The molecule has 3 aliphatic heterocycles. The number of piperidine rings is 1. The fourth-order valence-corrected chi connectivity index (χ4v) is 4.40. The van der Waals surface area contributed by atoms with Gasteiger partial charge in [0.05, 0.1) is 19.3 Å². The van der Waals surface area contributed by atoms with Gasteiger partial charge in [-0.2, -0.15) is 0 Å². The Labute approximate surface area is 153 Å². The van der Waals surface area contributed by atoms with Crippen LogP contribution < -0.4 is 15.0 Å². The smallest absolute Gasteiger partial charge is 0.244 e. The second-order valence-electron chi connectivity index (χ2n) is 7.21. The third-order valence-corrected chi connectivity index (χ3v) is 5.86. The van der Waals surface area contributed by atoms with E-state index in [0.717, 1.165) is 43.9 Å². The van der Waals surface area contributed by atoms with Crippen molar-refractivity contribution in [3.8, 4) is 5.75 Å². The molecule has 0 saturated carbocycles. The van der Waals surface area contributed by atoms with Crippen LogP contribution in [-0.2, 0) is 9.59 Å². The van der Waals surface area contributed by atoms with Crippen molar-refractivity contribution >= 4 is 17.5 Å². The van der Waals surface area contributed by atoms with E-state index in [9.17, 15) is 9.59 Å². The maximum absolute atomic E-state index is 12.2. The van der Waals surface area contributed by atoms with E-state index < -0.39 is 0 Å². The normalized spacial score (nSPS) is 25.0. The van der Waals surface area contributed by atoms with Gasteiger partial charge in [0.1, 0.15) is 11.8 Å². The summed E-state index contributed by atoms with van der Waals surface area (Å²) in [6.45, 7) is 4.25. The van der Waals surface area contributed by atoms with Gasteiger partial charge in [0.2, 0.25) is 11.8 Å². The molecule has 4 rings (SSSR count). The van der Waals surface area contributed by atoms with E-state index in [1.165, 1.54) is 0 Å². The first-order chi connectivity index (χ1) is 12.7. The molecule has 0 aromatic heterocycles. The van der Waals surface area contributed by atoms with Crippen LogP contribution in [0.25, 0.3) is 0 Å². The Morgan fingerprint density at radius 2 is 1.85 bits per heavy atom. The van der Waals surface area contributed by atoms with Gasteiger partial charge in [-0.1, -0.05) is 12.1 Å². The van der Waals surface area contributed by atoms with Gasteiger partial charge in [-0.25, -0.2) is 0 Å². The third-order valence-electron chi connectivity index (χ3n) is 5.86. The molecule has 140 valence electrons. The molecule has 0 aliphatic carbocycles. The second-order valence-corrected chi connectivity index (χ2v) is 7.21. The standard InChI is InChI=1S/C19H26N4O3/c1-26-17-5-3-2-4-15(17)21-8-6-14(7-9-21)22-10-11-23-16(13-22)19(25)20-12-18(23)24/h2-5,14,16H,6-13H2,1H3,(H,20,25). The maximum Gasteiger partial charge on any atom is 0.244 e. The zero-order chi connectivity index (χ0) is 18.1. The summed E-state index contributed by atoms with van der Waals surface area (Å²) >= 11 is 0. The van der Waals surface area contributed by atoms with Crippen LogP contribution >= 0.6 is 0 Å². The van der Waals surface area contributed by atoms with Gasteiger partial charge in [-0.05, 0) is 25.0 Å². The molecule has 7 nitrogen and oxygen atoms in total. The molecule has 3 saturated heterocycles. The Bertz CT molecular complexity index is 687. The number of ether oxygens (including phenoxy) is 1. The Hall–Kier alpha value is -2.28. The number of amides is 2. The van der Waals surface area contributed by atoms with Gasteiger partial charge in [0.15, 0.2) is 0 Å². The number of nitrogens with one attached hydrogen (secondary N) is 1. The van der Waals surface area contributed by atoms with Crippen molar-refractivity contribution in [3.63, 3.8) is 0 Å². The fraction of sp³-hybridized carbons (Fsp3) is 0.579. The van der Waals surface area contributed by atoms with Crippen LogP contribution in [0.5, 0.6) is 5.75 Å². The number of benzene rings is 1. The van der Waals surface area contributed by atoms with Crippen LogP contribution in [0.1, 0.15) is 12.8 Å². The quantitative estimate of drug-likeness (QED) is 0.842. The number of carbonyl (C=O) groups excluding carboxylic acids is 2. The Morgan fingerprint density at radius 1 is 1.08 bits per heavy atom. The molecule has 3 aliphatic rings. The number of rotatable bonds is 3. The van der Waals surface area contributed by atoms with E-state index in [1.807, 2.05) is 18.2 Å². The highest BCUT2D eigenvalue weighted by Gasteiger charge is 2.40. The molecule has 0 radical (unpaired) electrons. The highest BCUT2D eigenvalue weighted by molar-refractivity contribution is 5.95. The van der Waals surface area contributed by atoms with Crippen molar-refractivity contribution in [1.29, 1.82) is 0 Å². The highest BCUT2D eigenvalue weighted by atomic mass is 16.5. The molecule has 7 heteroatoms. The van der Waals surface area contributed by atoms with Crippen molar-refractivity contribution in [3.05, 3.63) is 24.3 Å². The Morgan fingerprint density at radius 3 is 2.62 bits per heavy atom. The molecule has 0 bridgehead atoms. The van der Waals surface area contributed by atoms with Crippen molar-refractivity contribution in [2.24, 2.45) is 0 Å². The topological polar surface area (TPSA) is 65.1 Å². The number of anilines is 1. The first-order valence-corrected chi connectivity index (χ1v) is 9.36. The van der Waals surface area contributed by atoms with Crippen molar-refractivity contribution in [2.45, 2.75) is 24.9 Å². The summed E-state index contributed by atoms with van der Waals surface area (Å²) in [5.74, 6) is 0.943. The van der Waals surface area contributed by atoms with Gasteiger partial charge < -0.3 is 19.9 Å². The fourth-order valence-electron chi connectivity index (χ4n) is 4.40. The van der Waals surface area contributed by atoms with Crippen LogP contribution in [0.3, 0.4) is 0 Å². The summed E-state index contributed by atoms with van der Waals surface area (Å²) in [6, 6.07) is 8.28. The molecule has 1 N–H and O–H groups in total.